The number of aryl methyl sites for hydroxylation is 1. The van der Waals surface area contributed by atoms with Crippen LogP contribution in [-0.2, 0) is 4.79 Å². The average molecular weight is 322 g/mol. The summed E-state index contributed by atoms with van der Waals surface area (Å²) in [5.74, 6) is 0.749. The molecule has 0 spiro atoms. The Morgan fingerprint density at radius 2 is 1.67 bits per heavy atom. The molecule has 2 aromatic rings. The highest BCUT2D eigenvalue weighted by molar-refractivity contribution is 5.78. The fraction of sp³-hybridized carbons (Fsp3) is 0.381. The molecule has 24 heavy (non-hydrogen) atoms. The van der Waals surface area contributed by atoms with Crippen molar-refractivity contribution in [3.63, 3.8) is 0 Å². The van der Waals surface area contributed by atoms with Gasteiger partial charge >= 0.3 is 0 Å². The van der Waals surface area contributed by atoms with Gasteiger partial charge in [-0.3, -0.25) is 10.1 Å². The summed E-state index contributed by atoms with van der Waals surface area (Å²) in [6.07, 6.45) is 2.48. The van der Waals surface area contributed by atoms with E-state index in [0.29, 0.717) is 12.5 Å². The number of nitrogens with one attached hydrogen (secondary N) is 2. The van der Waals surface area contributed by atoms with E-state index >= 15 is 0 Å². The van der Waals surface area contributed by atoms with Crippen molar-refractivity contribution < 1.29 is 4.79 Å². The molecule has 3 nitrogen and oxygen atoms in total. The van der Waals surface area contributed by atoms with E-state index in [-0.39, 0.29) is 18.0 Å². The smallest absolute Gasteiger partial charge is 0.234 e. The molecule has 0 aliphatic heterocycles. The molecule has 2 aromatic carbocycles. The van der Waals surface area contributed by atoms with Crippen LogP contribution in [0.15, 0.2) is 54.6 Å². The Bertz CT molecular complexity index is 662. The van der Waals surface area contributed by atoms with Crippen LogP contribution in [0.4, 0.5) is 0 Å². The molecule has 0 aromatic heterocycles. The Kier molecular flexibility index (Phi) is 5.31. The molecule has 1 fully saturated rings. The van der Waals surface area contributed by atoms with Gasteiger partial charge in [0.2, 0.25) is 5.91 Å². The molecule has 1 aliphatic rings. The first-order valence-electron chi connectivity index (χ1n) is 8.78. The first-order chi connectivity index (χ1) is 11.6. The number of hydrogen-bond acceptors (Lipinski definition) is 2. The van der Waals surface area contributed by atoms with Crippen LogP contribution in [0, 0.1) is 12.8 Å². The van der Waals surface area contributed by atoms with Crippen molar-refractivity contribution in [2.24, 2.45) is 5.92 Å². The van der Waals surface area contributed by atoms with E-state index in [4.69, 9.17) is 0 Å². The largest absolute Gasteiger partial charge is 0.352 e. The molecular weight excluding hydrogens is 296 g/mol. The second-order valence-electron chi connectivity index (χ2n) is 6.83. The monoisotopic (exact) mass is 322 g/mol. The van der Waals surface area contributed by atoms with Crippen LogP contribution in [0.1, 0.15) is 42.5 Å². The Balaban J connectivity index is 1.68. The summed E-state index contributed by atoms with van der Waals surface area (Å²) in [4.78, 5) is 12.2. The lowest BCUT2D eigenvalue weighted by Gasteiger charge is -2.21. The van der Waals surface area contributed by atoms with Crippen LogP contribution in [0.5, 0.6) is 0 Å². The molecule has 0 unspecified atom stereocenters. The molecule has 2 N–H and O–H groups in total. The molecular formula is C21H26N2O. The van der Waals surface area contributed by atoms with Crippen molar-refractivity contribution in [2.75, 3.05) is 6.54 Å². The molecule has 1 amide bonds. The van der Waals surface area contributed by atoms with Crippen molar-refractivity contribution in [3.8, 4) is 0 Å². The van der Waals surface area contributed by atoms with Gasteiger partial charge < -0.3 is 5.32 Å². The Labute approximate surface area is 144 Å². The predicted molar refractivity (Wildman–Crippen MR) is 97.8 cm³/mol. The van der Waals surface area contributed by atoms with Gasteiger partial charge in [-0.15, -0.1) is 0 Å². The SMILES string of the molecule is Cc1ccc([C@@H](NCC(=O)N[C@@H](C)C2CC2)c2ccccc2)cc1. The highest BCUT2D eigenvalue weighted by atomic mass is 16.2. The van der Waals surface area contributed by atoms with Gasteiger partial charge in [0, 0.05) is 6.04 Å². The number of carbonyl (C=O) groups excluding carboxylic acids is 1. The Hall–Kier alpha value is -2.13. The van der Waals surface area contributed by atoms with Crippen LogP contribution >= 0.6 is 0 Å². The van der Waals surface area contributed by atoms with E-state index in [2.05, 4.69) is 60.9 Å². The second-order valence-corrected chi connectivity index (χ2v) is 6.83. The van der Waals surface area contributed by atoms with E-state index in [9.17, 15) is 4.79 Å². The third-order valence-corrected chi connectivity index (χ3v) is 4.73. The highest BCUT2D eigenvalue weighted by Crippen LogP contribution is 2.32. The fourth-order valence-electron chi connectivity index (χ4n) is 3.05. The minimum atomic E-state index is 0.0220. The minimum Gasteiger partial charge on any atom is -0.352 e. The van der Waals surface area contributed by atoms with E-state index in [1.165, 1.54) is 29.5 Å². The van der Waals surface area contributed by atoms with Gasteiger partial charge in [-0.25, -0.2) is 0 Å². The lowest BCUT2D eigenvalue weighted by atomic mass is 9.98. The summed E-state index contributed by atoms with van der Waals surface area (Å²) in [5.41, 5.74) is 3.58. The Morgan fingerprint density at radius 1 is 1.04 bits per heavy atom. The normalized spacial score (nSPS) is 16.4. The molecule has 3 rings (SSSR count). The van der Waals surface area contributed by atoms with E-state index in [1.807, 2.05) is 18.2 Å². The lowest BCUT2D eigenvalue weighted by Crippen LogP contribution is -2.41. The summed E-state index contributed by atoms with van der Waals surface area (Å²) in [7, 11) is 0. The van der Waals surface area contributed by atoms with Gasteiger partial charge in [-0.2, -0.15) is 0 Å². The van der Waals surface area contributed by atoms with Crippen molar-refractivity contribution >= 4 is 5.91 Å². The molecule has 2 atom stereocenters. The lowest BCUT2D eigenvalue weighted by molar-refractivity contribution is -0.121. The van der Waals surface area contributed by atoms with Crippen molar-refractivity contribution in [1.29, 1.82) is 0 Å². The Morgan fingerprint density at radius 3 is 2.29 bits per heavy atom. The van der Waals surface area contributed by atoms with Crippen molar-refractivity contribution in [1.82, 2.24) is 10.6 Å². The van der Waals surface area contributed by atoms with Crippen LogP contribution in [0.25, 0.3) is 0 Å². The molecule has 0 bridgehead atoms. The van der Waals surface area contributed by atoms with Crippen LogP contribution < -0.4 is 10.6 Å². The highest BCUT2D eigenvalue weighted by Gasteiger charge is 2.28. The first-order valence-corrected chi connectivity index (χ1v) is 8.78. The van der Waals surface area contributed by atoms with Gasteiger partial charge in [-0.05, 0) is 43.7 Å². The van der Waals surface area contributed by atoms with Gasteiger partial charge in [0.05, 0.1) is 12.6 Å². The van der Waals surface area contributed by atoms with Gasteiger partial charge in [-0.1, -0.05) is 60.2 Å². The molecule has 126 valence electrons. The molecule has 1 aliphatic carbocycles. The number of benzene rings is 2. The zero-order valence-electron chi connectivity index (χ0n) is 14.5. The van der Waals surface area contributed by atoms with E-state index in [1.54, 1.807) is 0 Å². The van der Waals surface area contributed by atoms with E-state index in [0.717, 1.165) is 0 Å². The summed E-state index contributed by atoms with van der Waals surface area (Å²) in [5, 5.41) is 6.53. The van der Waals surface area contributed by atoms with Crippen molar-refractivity contribution in [3.05, 3.63) is 71.3 Å². The zero-order valence-corrected chi connectivity index (χ0v) is 14.5. The fourth-order valence-corrected chi connectivity index (χ4v) is 3.05. The quantitative estimate of drug-likeness (QED) is 0.818. The number of carbonyl (C=O) groups is 1. The average Bonchev–Trinajstić information content (AvgIpc) is 3.42. The number of rotatable bonds is 7. The molecule has 0 heterocycles. The topological polar surface area (TPSA) is 41.1 Å². The third-order valence-electron chi connectivity index (χ3n) is 4.73. The van der Waals surface area contributed by atoms with Crippen LogP contribution in [-0.4, -0.2) is 18.5 Å². The predicted octanol–water partition coefficient (Wildman–Crippen LogP) is 3.59. The van der Waals surface area contributed by atoms with Crippen molar-refractivity contribution in [2.45, 2.75) is 38.8 Å². The van der Waals surface area contributed by atoms with Crippen LogP contribution in [0.2, 0.25) is 0 Å². The summed E-state index contributed by atoms with van der Waals surface area (Å²) in [6.45, 7) is 4.51. The van der Waals surface area contributed by atoms with Crippen LogP contribution in [0.3, 0.4) is 0 Å². The molecule has 0 saturated heterocycles. The molecule has 0 radical (unpaired) electrons. The summed E-state index contributed by atoms with van der Waals surface area (Å²) < 4.78 is 0. The first kappa shape index (κ1) is 16.7. The van der Waals surface area contributed by atoms with E-state index < -0.39 is 0 Å². The number of amides is 1. The maximum absolute atomic E-state index is 12.2. The minimum absolute atomic E-state index is 0.0220. The van der Waals surface area contributed by atoms with Gasteiger partial charge in [0.15, 0.2) is 0 Å². The summed E-state index contributed by atoms with van der Waals surface area (Å²) in [6, 6.07) is 19.1. The zero-order chi connectivity index (χ0) is 16.9. The third kappa shape index (κ3) is 4.45. The van der Waals surface area contributed by atoms with Gasteiger partial charge in [0.25, 0.3) is 0 Å². The molecule has 1 saturated carbocycles. The second kappa shape index (κ2) is 7.63. The maximum atomic E-state index is 12.2. The molecule has 3 heteroatoms. The maximum Gasteiger partial charge on any atom is 0.234 e. The number of hydrogen-bond donors (Lipinski definition) is 2. The standard InChI is InChI=1S/C21H26N2O/c1-15-8-10-19(11-9-15)21(18-6-4-3-5-7-18)22-14-20(24)23-16(2)17-12-13-17/h3-11,16-17,21-22H,12-14H2,1-2H3,(H,23,24)/t16-,21-/m0/s1. The summed E-state index contributed by atoms with van der Waals surface area (Å²) >= 11 is 0. The van der Waals surface area contributed by atoms with Gasteiger partial charge in [0.1, 0.15) is 0 Å².